The lowest BCUT2D eigenvalue weighted by atomic mass is 10.1. The summed E-state index contributed by atoms with van der Waals surface area (Å²) in [5, 5.41) is 3.56. The number of likely N-dealkylation sites (tertiary alicyclic amines) is 1. The highest BCUT2D eigenvalue weighted by Gasteiger charge is 2.22. The van der Waals surface area contributed by atoms with E-state index in [0.29, 0.717) is 6.10 Å². The van der Waals surface area contributed by atoms with E-state index in [4.69, 9.17) is 4.74 Å². The summed E-state index contributed by atoms with van der Waals surface area (Å²) in [4.78, 5) is 2.58. The van der Waals surface area contributed by atoms with Crippen LogP contribution in [0.3, 0.4) is 0 Å². The highest BCUT2D eigenvalue weighted by molar-refractivity contribution is 4.80. The van der Waals surface area contributed by atoms with Gasteiger partial charge in [-0.25, -0.2) is 0 Å². The Morgan fingerprint density at radius 3 is 2.64 bits per heavy atom. The fourth-order valence-electron chi connectivity index (χ4n) is 2.55. The van der Waals surface area contributed by atoms with Gasteiger partial charge in [0.05, 0.1) is 6.10 Å². The molecule has 2 rings (SSSR count). The van der Waals surface area contributed by atoms with Gasteiger partial charge in [-0.15, -0.1) is 0 Å². The number of nitrogens with one attached hydrogen (secondary N) is 1. The van der Waals surface area contributed by atoms with Crippen molar-refractivity contribution < 1.29 is 4.74 Å². The molecule has 0 aromatic rings. The maximum Gasteiger partial charge on any atom is 0.0595 e. The quantitative estimate of drug-likeness (QED) is 0.727. The zero-order valence-corrected chi connectivity index (χ0v) is 9.17. The van der Waals surface area contributed by atoms with Crippen LogP contribution in [0.5, 0.6) is 0 Å². The topological polar surface area (TPSA) is 24.5 Å². The van der Waals surface area contributed by atoms with Crippen molar-refractivity contribution in [2.75, 3.05) is 33.3 Å². The van der Waals surface area contributed by atoms with Crippen molar-refractivity contribution in [2.45, 2.75) is 37.8 Å². The molecule has 2 fully saturated rings. The molecule has 0 spiro atoms. The maximum atomic E-state index is 5.37. The van der Waals surface area contributed by atoms with Crippen LogP contribution in [-0.2, 0) is 4.74 Å². The third kappa shape index (κ3) is 2.69. The van der Waals surface area contributed by atoms with Crippen molar-refractivity contribution in [3.63, 3.8) is 0 Å². The van der Waals surface area contributed by atoms with E-state index < -0.39 is 0 Å². The molecule has 2 aliphatic rings. The zero-order valence-electron chi connectivity index (χ0n) is 9.17. The highest BCUT2D eigenvalue weighted by Crippen LogP contribution is 2.15. The molecule has 1 N–H and O–H groups in total. The number of hydrogen-bond acceptors (Lipinski definition) is 3. The van der Waals surface area contributed by atoms with Gasteiger partial charge in [-0.1, -0.05) is 0 Å². The van der Waals surface area contributed by atoms with Crippen molar-refractivity contribution in [3.8, 4) is 0 Å². The molecular weight excluding hydrogens is 176 g/mol. The average Bonchev–Trinajstić information content (AvgIpc) is 2.72. The predicted molar refractivity (Wildman–Crippen MR) is 57.5 cm³/mol. The summed E-state index contributed by atoms with van der Waals surface area (Å²) in [5.41, 5.74) is 0. The van der Waals surface area contributed by atoms with Gasteiger partial charge in [0.15, 0.2) is 0 Å². The minimum absolute atomic E-state index is 0.516. The van der Waals surface area contributed by atoms with E-state index in [9.17, 15) is 0 Å². The molecule has 0 radical (unpaired) electrons. The molecule has 3 heteroatoms. The minimum Gasteiger partial charge on any atom is -0.381 e. The van der Waals surface area contributed by atoms with E-state index in [1.54, 1.807) is 0 Å². The summed E-state index contributed by atoms with van der Waals surface area (Å²) < 4.78 is 5.37. The van der Waals surface area contributed by atoms with E-state index in [0.717, 1.165) is 6.04 Å². The fraction of sp³-hybridized carbons (Fsp3) is 1.00. The van der Waals surface area contributed by atoms with Gasteiger partial charge in [-0.3, -0.25) is 0 Å². The Kier molecular flexibility index (Phi) is 3.79. The SMILES string of the molecule is COC1CCN(C[C@H]2CCCN2)CC1. The molecule has 0 amide bonds. The Labute approximate surface area is 86.8 Å². The lowest BCUT2D eigenvalue weighted by Crippen LogP contribution is -2.43. The van der Waals surface area contributed by atoms with Crippen LogP contribution in [0.4, 0.5) is 0 Å². The maximum absolute atomic E-state index is 5.37. The van der Waals surface area contributed by atoms with Crippen LogP contribution in [0, 0.1) is 0 Å². The number of methoxy groups -OCH3 is 1. The molecule has 2 saturated heterocycles. The molecule has 0 aliphatic carbocycles. The smallest absolute Gasteiger partial charge is 0.0595 e. The third-order valence-corrected chi connectivity index (χ3v) is 3.51. The van der Waals surface area contributed by atoms with Gasteiger partial charge in [0.1, 0.15) is 0 Å². The van der Waals surface area contributed by atoms with E-state index >= 15 is 0 Å². The lowest BCUT2D eigenvalue weighted by molar-refractivity contribution is 0.0390. The molecule has 1 atom stereocenters. The number of nitrogens with zero attached hydrogens (tertiary/aromatic N) is 1. The predicted octanol–water partition coefficient (Wildman–Crippen LogP) is 0.849. The van der Waals surface area contributed by atoms with Gasteiger partial charge >= 0.3 is 0 Å². The first-order valence-corrected chi connectivity index (χ1v) is 5.87. The van der Waals surface area contributed by atoms with Crippen LogP contribution in [0.1, 0.15) is 25.7 Å². The van der Waals surface area contributed by atoms with Crippen molar-refractivity contribution in [3.05, 3.63) is 0 Å². The van der Waals surface area contributed by atoms with Crippen LogP contribution >= 0.6 is 0 Å². The Morgan fingerprint density at radius 2 is 2.07 bits per heavy atom. The van der Waals surface area contributed by atoms with E-state index in [1.165, 1.54) is 51.9 Å². The highest BCUT2D eigenvalue weighted by atomic mass is 16.5. The zero-order chi connectivity index (χ0) is 9.80. The van der Waals surface area contributed by atoms with Crippen molar-refractivity contribution in [1.82, 2.24) is 10.2 Å². The van der Waals surface area contributed by atoms with E-state index in [-0.39, 0.29) is 0 Å². The van der Waals surface area contributed by atoms with Crippen LogP contribution < -0.4 is 5.32 Å². The molecule has 2 heterocycles. The van der Waals surface area contributed by atoms with Crippen molar-refractivity contribution >= 4 is 0 Å². The van der Waals surface area contributed by atoms with Gasteiger partial charge in [-0.2, -0.15) is 0 Å². The summed E-state index contributed by atoms with van der Waals surface area (Å²) in [6.45, 7) is 4.91. The first-order chi connectivity index (χ1) is 6.88. The van der Waals surface area contributed by atoms with Crippen LogP contribution in [-0.4, -0.2) is 50.3 Å². The third-order valence-electron chi connectivity index (χ3n) is 3.51. The Balaban J connectivity index is 1.67. The van der Waals surface area contributed by atoms with Crippen molar-refractivity contribution in [1.29, 1.82) is 0 Å². The van der Waals surface area contributed by atoms with Gasteiger partial charge in [0.2, 0.25) is 0 Å². The first kappa shape index (κ1) is 10.4. The number of rotatable bonds is 3. The van der Waals surface area contributed by atoms with E-state index in [1.807, 2.05) is 7.11 Å². The normalized spacial score (nSPS) is 31.1. The standard InChI is InChI=1S/C11H22N2O/c1-14-11-4-7-13(8-5-11)9-10-3-2-6-12-10/h10-12H,2-9H2,1H3/t10-/m1/s1. The minimum atomic E-state index is 0.516. The molecule has 0 bridgehead atoms. The molecule has 0 saturated carbocycles. The summed E-state index contributed by atoms with van der Waals surface area (Å²) in [7, 11) is 1.83. The van der Waals surface area contributed by atoms with Crippen LogP contribution in [0.15, 0.2) is 0 Å². The Hall–Kier alpha value is -0.120. The van der Waals surface area contributed by atoms with Gasteiger partial charge in [-0.05, 0) is 32.2 Å². The summed E-state index contributed by atoms with van der Waals surface area (Å²) >= 11 is 0. The molecule has 82 valence electrons. The monoisotopic (exact) mass is 198 g/mol. The fourth-order valence-corrected chi connectivity index (χ4v) is 2.55. The summed E-state index contributed by atoms with van der Waals surface area (Å²) in [5.74, 6) is 0. The molecule has 0 aromatic heterocycles. The number of hydrogen-bond donors (Lipinski definition) is 1. The summed E-state index contributed by atoms with van der Waals surface area (Å²) in [6.07, 6.45) is 5.67. The number of ether oxygens (including phenoxy) is 1. The molecule has 0 unspecified atom stereocenters. The van der Waals surface area contributed by atoms with Gasteiger partial charge < -0.3 is 15.0 Å². The van der Waals surface area contributed by atoms with Crippen LogP contribution in [0.2, 0.25) is 0 Å². The summed E-state index contributed by atoms with van der Waals surface area (Å²) in [6, 6.07) is 0.758. The molecular formula is C11H22N2O. The average molecular weight is 198 g/mol. The number of piperidine rings is 1. The van der Waals surface area contributed by atoms with Crippen molar-refractivity contribution in [2.24, 2.45) is 0 Å². The Bertz CT molecular complexity index is 161. The second kappa shape index (κ2) is 5.10. The second-order valence-electron chi connectivity index (χ2n) is 4.53. The largest absolute Gasteiger partial charge is 0.381 e. The Morgan fingerprint density at radius 1 is 1.29 bits per heavy atom. The molecule has 0 aromatic carbocycles. The first-order valence-electron chi connectivity index (χ1n) is 5.87. The van der Waals surface area contributed by atoms with E-state index in [2.05, 4.69) is 10.2 Å². The van der Waals surface area contributed by atoms with Gasteiger partial charge in [0.25, 0.3) is 0 Å². The molecule has 14 heavy (non-hydrogen) atoms. The molecule has 3 nitrogen and oxygen atoms in total. The molecule has 2 aliphatic heterocycles. The lowest BCUT2D eigenvalue weighted by Gasteiger charge is -2.32. The van der Waals surface area contributed by atoms with Gasteiger partial charge in [0, 0.05) is 32.8 Å². The second-order valence-corrected chi connectivity index (χ2v) is 4.53. The van der Waals surface area contributed by atoms with Crippen LogP contribution in [0.25, 0.3) is 0 Å².